The van der Waals surface area contributed by atoms with Crippen LogP contribution < -0.4 is 9.80 Å². The molecule has 6 heteroatoms. The number of nitrogens with zero attached hydrogens (tertiary/aromatic N) is 5. The number of benzene rings is 1. The van der Waals surface area contributed by atoms with Crippen molar-refractivity contribution in [3.63, 3.8) is 0 Å². The molecule has 1 atom stereocenters. The van der Waals surface area contributed by atoms with Crippen molar-refractivity contribution in [2.75, 3.05) is 42.5 Å². The van der Waals surface area contributed by atoms with Gasteiger partial charge in [0.05, 0.1) is 6.04 Å². The van der Waals surface area contributed by atoms with Crippen LogP contribution in [0.15, 0.2) is 42.6 Å². The summed E-state index contributed by atoms with van der Waals surface area (Å²) in [5, 5.41) is 0. The Bertz CT molecular complexity index is 742. The van der Waals surface area contributed by atoms with E-state index in [0.717, 1.165) is 56.5 Å². The molecule has 25 heavy (non-hydrogen) atoms. The van der Waals surface area contributed by atoms with E-state index in [1.165, 1.54) is 0 Å². The normalized spacial score (nSPS) is 21.8. The van der Waals surface area contributed by atoms with Crippen molar-refractivity contribution >= 4 is 17.4 Å². The van der Waals surface area contributed by atoms with Gasteiger partial charge in [-0.05, 0) is 31.5 Å². The van der Waals surface area contributed by atoms with Crippen molar-refractivity contribution in [2.45, 2.75) is 19.4 Å². The summed E-state index contributed by atoms with van der Waals surface area (Å²) in [6.45, 7) is 6.29. The molecule has 2 aliphatic rings. The summed E-state index contributed by atoms with van der Waals surface area (Å²) in [7, 11) is 0. The molecule has 2 fully saturated rings. The van der Waals surface area contributed by atoms with Gasteiger partial charge in [0.15, 0.2) is 0 Å². The molecule has 0 aliphatic carbocycles. The zero-order valence-corrected chi connectivity index (χ0v) is 14.5. The molecule has 0 saturated carbocycles. The minimum Gasteiger partial charge on any atom is -0.354 e. The lowest BCUT2D eigenvalue weighted by Crippen LogP contribution is -2.52. The predicted molar refractivity (Wildman–Crippen MR) is 97.8 cm³/mol. The van der Waals surface area contributed by atoms with E-state index in [1.54, 1.807) is 0 Å². The molecule has 0 bridgehead atoms. The Hall–Kier alpha value is -2.47. The van der Waals surface area contributed by atoms with Crippen molar-refractivity contribution in [3.05, 3.63) is 48.4 Å². The fourth-order valence-electron chi connectivity index (χ4n) is 3.75. The third-order valence-corrected chi connectivity index (χ3v) is 5.09. The molecule has 130 valence electrons. The lowest BCUT2D eigenvalue weighted by molar-refractivity contribution is -0.121. The molecule has 2 aromatic rings. The second-order valence-electron chi connectivity index (χ2n) is 6.61. The standard InChI is InChI=1S/C19H23N5O/c1-15-20-9-7-18(21-15)23-13-11-22(12-14-23)17-8-10-24(19(17)25)16-5-3-2-4-6-16/h2-7,9,17H,8,10-14H2,1H3/t17-/m0/s1. The molecule has 6 nitrogen and oxygen atoms in total. The second-order valence-corrected chi connectivity index (χ2v) is 6.61. The maximum atomic E-state index is 12.9. The Labute approximate surface area is 148 Å². The molecule has 1 aromatic heterocycles. The number of carbonyl (C=O) groups excluding carboxylic acids is 1. The first-order valence-electron chi connectivity index (χ1n) is 8.87. The van der Waals surface area contributed by atoms with Gasteiger partial charge in [-0.1, -0.05) is 18.2 Å². The van der Waals surface area contributed by atoms with Crippen molar-refractivity contribution in [1.29, 1.82) is 0 Å². The molecule has 0 spiro atoms. The van der Waals surface area contributed by atoms with Crippen molar-refractivity contribution in [2.24, 2.45) is 0 Å². The minimum atomic E-state index is 0.00879. The maximum Gasteiger partial charge on any atom is 0.244 e. The van der Waals surface area contributed by atoms with Gasteiger partial charge in [0.1, 0.15) is 11.6 Å². The van der Waals surface area contributed by atoms with Crippen LogP contribution >= 0.6 is 0 Å². The SMILES string of the molecule is Cc1nccc(N2CCN([C@H]3CCN(c4ccccc4)C3=O)CC2)n1. The van der Waals surface area contributed by atoms with Crippen LogP contribution in [0.3, 0.4) is 0 Å². The van der Waals surface area contributed by atoms with E-state index in [2.05, 4.69) is 19.8 Å². The van der Waals surface area contributed by atoms with Gasteiger partial charge in [-0.3, -0.25) is 9.69 Å². The third kappa shape index (κ3) is 3.22. The van der Waals surface area contributed by atoms with Crippen LogP contribution in [0, 0.1) is 6.92 Å². The molecule has 2 saturated heterocycles. The number of para-hydroxylation sites is 1. The summed E-state index contributed by atoms with van der Waals surface area (Å²) in [6, 6.07) is 11.9. The summed E-state index contributed by atoms with van der Waals surface area (Å²) >= 11 is 0. The van der Waals surface area contributed by atoms with Gasteiger partial charge in [-0.15, -0.1) is 0 Å². The molecule has 4 rings (SSSR count). The zero-order chi connectivity index (χ0) is 17.2. The molecule has 3 heterocycles. The molecule has 0 radical (unpaired) electrons. The highest BCUT2D eigenvalue weighted by Gasteiger charge is 2.37. The van der Waals surface area contributed by atoms with Crippen LogP contribution in [0.2, 0.25) is 0 Å². The van der Waals surface area contributed by atoms with Crippen LogP contribution in [0.1, 0.15) is 12.2 Å². The summed E-state index contributed by atoms with van der Waals surface area (Å²) in [5.74, 6) is 2.01. The van der Waals surface area contributed by atoms with Gasteiger partial charge in [0.2, 0.25) is 5.91 Å². The van der Waals surface area contributed by atoms with E-state index < -0.39 is 0 Å². The molecular weight excluding hydrogens is 314 g/mol. The zero-order valence-electron chi connectivity index (χ0n) is 14.5. The number of anilines is 2. The van der Waals surface area contributed by atoms with Gasteiger partial charge in [-0.25, -0.2) is 9.97 Å². The fraction of sp³-hybridized carbons (Fsp3) is 0.421. The molecule has 0 unspecified atom stereocenters. The second kappa shape index (κ2) is 6.80. The molecular formula is C19H23N5O. The quantitative estimate of drug-likeness (QED) is 0.853. The molecule has 2 aliphatic heterocycles. The van der Waals surface area contributed by atoms with E-state index in [1.807, 2.05) is 54.4 Å². The first-order valence-corrected chi connectivity index (χ1v) is 8.87. The van der Waals surface area contributed by atoms with Crippen LogP contribution in [0.25, 0.3) is 0 Å². The molecule has 1 aromatic carbocycles. The lowest BCUT2D eigenvalue weighted by atomic mass is 10.2. The predicted octanol–water partition coefficient (Wildman–Crippen LogP) is 1.71. The summed E-state index contributed by atoms with van der Waals surface area (Å²) in [4.78, 5) is 28.0. The average Bonchev–Trinajstić information content (AvgIpc) is 3.04. The monoisotopic (exact) mass is 337 g/mol. The van der Waals surface area contributed by atoms with Crippen LogP contribution in [-0.2, 0) is 4.79 Å². The van der Waals surface area contributed by atoms with Gasteiger partial charge in [0, 0.05) is 44.6 Å². The largest absolute Gasteiger partial charge is 0.354 e. The highest BCUT2D eigenvalue weighted by Crippen LogP contribution is 2.25. The summed E-state index contributed by atoms with van der Waals surface area (Å²) in [5.41, 5.74) is 1.00. The van der Waals surface area contributed by atoms with Gasteiger partial charge in [0.25, 0.3) is 0 Å². The maximum absolute atomic E-state index is 12.9. The number of hydrogen-bond acceptors (Lipinski definition) is 5. The number of aryl methyl sites for hydroxylation is 1. The Morgan fingerprint density at radius 3 is 2.48 bits per heavy atom. The van der Waals surface area contributed by atoms with E-state index in [9.17, 15) is 4.79 Å². The number of rotatable bonds is 3. The molecule has 1 amide bonds. The average molecular weight is 337 g/mol. The number of amides is 1. The van der Waals surface area contributed by atoms with Crippen LogP contribution in [-0.4, -0.2) is 59.5 Å². The fourth-order valence-corrected chi connectivity index (χ4v) is 3.75. The van der Waals surface area contributed by atoms with Gasteiger partial charge < -0.3 is 9.80 Å². The highest BCUT2D eigenvalue weighted by atomic mass is 16.2. The number of aromatic nitrogens is 2. The summed E-state index contributed by atoms with van der Waals surface area (Å²) in [6.07, 6.45) is 2.71. The number of piperazine rings is 1. The highest BCUT2D eigenvalue weighted by molar-refractivity contribution is 5.99. The van der Waals surface area contributed by atoms with Crippen molar-refractivity contribution in [1.82, 2.24) is 14.9 Å². The van der Waals surface area contributed by atoms with Gasteiger partial charge in [-0.2, -0.15) is 0 Å². The van der Waals surface area contributed by atoms with E-state index >= 15 is 0 Å². The molecule has 0 N–H and O–H groups in total. The van der Waals surface area contributed by atoms with Crippen LogP contribution in [0.5, 0.6) is 0 Å². The van der Waals surface area contributed by atoms with E-state index in [-0.39, 0.29) is 11.9 Å². The topological polar surface area (TPSA) is 52.6 Å². The first-order chi connectivity index (χ1) is 12.2. The Morgan fingerprint density at radius 2 is 1.76 bits per heavy atom. The number of carbonyl (C=O) groups is 1. The Kier molecular flexibility index (Phi) is 4.36. The smallest absolute Gasteiger partial charge is 0.244 e. The van der Waals surface area contributed by atoms with Crippen LogP contribution in [0.4, 0.5) is 11.5 Å². The third-order valence-electron chi connectivity index (χ3n) is 5.09. The minimum absolute atomic E-state index is 0.00879. The van der Waals surface area contributed by atoms with E-state index in [4.69, 9.17) is 0 Å². The van der Waals surface area contributed by atoms with Crippen molar-refractivity contribution in [3.8, 4) is 0 Å². The summed E-state index contributed by atoms with van der Waals surface area (Å²) < 4.78 is 0. The lowest BCUT2D eigenvalue weighted by Gasteiger charge is -2.37. The Morgan fingerprint density at radius 1 is 1.00 bits per heavy atom. The number of hydrogen-bond donors (Lipinski definition) is 0. The van der Waals surface area contributed by atoms with Crippen molar-refractivity contribution < 1.29 is 4.79 Å². The first kappa shape index (κ1) is 16.0. The van der Waals surface area contributed by atoms with Gasteiger partial charge >= 0.3 is 0 Å². The van der Waals surface area contributed by atoms with E-state index in [0.29, 0.717) is 0 Å². The Balaban J connectivity index is 1.39.